The van der Waals surface area contributed by atoms with Crippen molar-refractivity contribution in [1.82, 2.24) is 42.5 Å². The molecule has 33 nitrogen and oxygen atoms in total. The number of alkyl carbamates (subject to hydrolysis) is 1. The number of carboxylic acids is 8. The van der Waals surface area contributed by atoms with E-state index in [1.54, 1.807) is 0 Å². The zero-order valence-corrected chi connectivity index (χ0v) is 49.8. The second-order valence-corrected chi connectivity index (χ2v) is 21.2. The molecule has 0 heterocycles. The van der Waals surface area contributed by atoms with Crippen molar-refractivity contribution in [2.45, 2.75) is 177 Å². The SMILES string of the molecule is O=C(O)CCC(NC(=O)CCC(NC(=O)CCC(NC(=O)CCCCCCCNC(=O)OCc1c2ccccc2cc2ccccc12)C(=O)NC(CCC(=O)NC(CCC(=O)O)C(=O)O)C(=O)NC(CCC(=O)O)C(=O)O)C(=O)NC(CCC(=O)O)C(=O)O)C(=O)O. The van der Waals surface area contributed by atoms with Gasteiger partial charge in [0.2, 0.25) is 41.4 Å². The molecule has 3 aromatic rings. The zero-order valence-electron chi connectivity index (χ0n) is 49.8. The van der Waals surface area contributed by atoms with E-state index in [1.165, 1.54) is 0 Å². The summed E-state index contributed by atoms with van der Waals surface area (Å²) in [5.41, 5.74) is 0.843. The Kier molecular flexibility index (Phi) is 32.5. The van der Waals surface area contributed by atoms with Crippen LogP contribution in [0.15, 0.2) is 54.6 Å². The molecule has 0 spiro atoms. The molecular formula is C59H76N8O25. The molecule has 0 fully saturated rings. The molecule has 33 heteroatoms. The van der Waals surface area contributed by atoms with E-state index in [-0.39, 0.29) is 26.0 Å². The van der Waals surface area contributed by atoms with E-state index in [4.69, 9.17) is 20.1 Å². The van der Waals surface area contributed by atoms with Crippen molar-refractivity contribution in [2.24, 2.45) is 0 Å². The fourth-order valence-corrected chi connectivity index (χ4v) is 9.20. The van der Waals surface area contributed by atoms with Crippen LogP contribution in [-0.4, -0.2) is 185 Å². The topological polar surface area (TPSA) is 540 Å². The molecule has 0 aliphatic rings. The Morgan fingerprint density at radius 1 is 0.337 bits per heavy atom. The fourth-order valence-electron chi connectivity index (χ4n) is 9.20. The van der Waals surface area contributed by atoms with E-state index in [0.717, 1.165) is 27.1 Å². The number of benzene rings is 3. The average Bonchev–Trinajstić information content (AvgIpc) is 0.785. The summed E-state index contributed by atoms with van der Waals surface area (Å²) in [7, 11) is 0. The van der Waals surface area contributed by atoms with Gasteiger partial charge in [-0.05, 0) is 85.4 Å². The van der Waals surface area contributed by atoms with Crippen LogP contribution in [0.2, 0.25) is 0 Å². The monoisotopic (exact) mass is 1300 g/mol. The second-order valence-electron chi connectivity index (χ2n) is 21.2. The van der Waals surface area contributed by atoms with E-state index in [2.05, 4.69) is 38.0 Å². The molecule has 3 aromatic carbocycles. The lowest BCUT2D eigenvalue weighted by atomic mass is 9.97. The number of aliphatic carboxylic acids is 8. The third-order valence-corrected chi connectivity index (χ3v) is 14.1. The van der Waals surface area contributed by atoms with Crippen LogP contribution in [0.3, 0.4) is 0 Å². The summed E-state index contributed by atoms with van der Waals surface area (Å²) in [5.74, 6) is -20.5. The van der Waals surface area contributed by atoms with E-state index in [0.29, 0.717) is 25.7 Å². The van der Waals surface area contributed by atoms with Gasteiger partial charge in [0.1, 0.15) is 48.9 Å². The molecule has 0 bridgehead atoms. The minimum Gasteiger partial charge on any atom is -0.481 e. The number of carboxylic acid groups (broad SMARTS) is 8. The summed E-state index contributed by atoms with van der Waals surface area (Å²) in [6.45, 7) is 0.257. The zero-order chi connectivity index (χ0) is 68.5. The number of unbranched alkanes of at least 4 members (excludes halogenated alkanes) is 4. The van der Waals surface area contributed by atoms with Crippen LogP contribution < -0.4 is 42.5 Å². The number of hydrogen-bond donors (Lipinski definition) is 16. The number of hydrogen-bond acceptors (Lipinski definition) is 17. The summed E-state index contributed by atoms with van der Waals surface area (Å²) >= 11 is 0. The van der Waals surface area contributed by atoms with Gasteiger partial charge in [0.25, 0.3) is 0 Å². The summed E-state index contributed by atoms with van der Waals surface area (Å²) in [5, 5.41) is 96.7. The first kappa shape index (κ1) is 75.7. The highest BCUT2D eigenvalue weighted by atomic mass is 16.5. The summed E-state index contributed by atoms with van der Waals surface area (Å²) in [6.07, 6.45) is -8.70. The predicted molar refractivity (Wildman–Crippen MR) is 317 cm³/mol. The minimum atomic E-state index is -1.95. The number of rotatable bonds is 45. The molecule has 92 heavy (non-hydrogen) atoms. The Balaban J connectivity index is 1.83. The number of amides is 8. The van der Waals surface area contributed by atoms with Crippen molar-refractivity contribution in [3.63, 3.8) is 0 Å². The highest BCUT2D eigenvalue weighted by Gasteiger charge is 2.33. The van der Waals surface area contributed by atoms with Crippen LogP contribution in [0.25, 0.3) is 21.5 Å². The third-order valence-electron chi connectivity index (χ3n) is 14.1. The number of carbonyl (C=O) groups is 16. The van der Waals surface area contributed by atoms with Crippen molar-refractivity contribution >= 4 is 117 Å². The van der Waals surface area contributed by atoms with E-state index >= 15 is 0 Å². The second kappa shape index (κ2) is 39.5. The maximum absolute atomic E-state index is 14.3. The molecule has 0 aliphatic heterocycles. The van der Waals surface area contributed by atoms with Gasteiger partial charge in [-0.25, -0.2) is 24.0 Å². The van der Waals surface area contributed by atoms with Crippen molar-refractivity contribution in [2.75, 3.05) is 6.54 Å². The standard InChI is InChI=1S/C59H76N8O25/c68-44(14-4-2-1-3-9-29-60-59(91)92-31-36-34-12-7-5-10-32(34)30-33-11-6-8-13-35(33)36)61-37(52(80)65-39(54(82)67-43(58(89)90)21-28-51(78)79)17-24-47(71)64-41(56(85)86)19-26-49(74)75)15-22-45(69)62-38(53(81)66-42(57(87)88)20-27-50(76)77)16-23-46(70)63-40(55(83)84)18-25-48(72)73/h5-8,10-13,30,37-43H,1-4,9,14-29,31H2,(H,60,91)(H,61,68)(H,62,69)(H,63,70)(H,64,71)(H,65,80)(H,66,81)(H,67,82)(H,72,73)(H,74,75)(H,76,77)(H,78,79)(H,83,84)(H,85,86)(H,87,88)(H,89,90). The van der Waals surface area contributed by atoms with Gasteiger partial charge in [-0.3, -0.25) is 52.7 Å². The third kappa shape index (κ3) is 28.8. The van der Waals surface area contributed by atoms with E-state index in [9.17, 15) is 102 Å². The smallest absolute Gasteiger partial charge is 0.407 e. The molecule has 0 saturated heterocycles. The van der Waals surface area contributed by atoms with Gasteiger partial charge >= 0.3 is 53.8 Å². The lowest BCUT2D eigenvalue weighted by molar-refractivity contribution is -0.144. The Hall–Kier alpha value is -10.5. The normalized spacial score (nSPS) is 13.2. The predicted octanol–water partition coefficient (Wildman–Crippen LogP) is 1.09. The highest BCUT2D eigenvalue weighted by Crippen LogP contribution is 2.29. The van der Waals surface area contributed by atoms with Gasteiger partial charge in [0, 0.05) is 63.5 Å². The Morgan fingerprint density at radius 3 is 1.00 bits per heavy atom. The number of carbonyl (C=O) groups excluding carboxylic acids is 8. The molecule has 16 N–H and O–H groups in total. The minimum absolute atomic E-state index is 0.00862. The Labute approximate surface area is 524 Å². The first-order chi connectivity index (χ1) is 43.5. The van der Waals surface area contributed by atoms with Crippen LogP contribution in [-0.2, 0) is 83.3 Å². The lowest BCUT2D eigenvalue weighted by Gasteiger charge is -2.25. The van der Waals surface area contributed by atoms with Gasteiger partial charge in [0.05, 0.1) is 0 Å². The molecule has 0 aliphatic carbocycles. The summed E-state index contributed by atoms with van der Waals surface area (Å²) in [4.78, 5) is 200. The quantitative estimate of drug-likeness (QED) is 0.0278. The highest BCUT2D eigenvalue weighted by molar-refractivity contribution is 6.02. The molecule has 7 unspecified atom stereocenters. The van der Waals surface area contributed by atoms with Crippen molar-refractivity contribution in [3.8, 4) is 0 Å². The largest absolute Gasteiger partial charge is 0.481 e. The molecule has 502 valence electrons. The maximum Gasteiger partial charge on any atom is 0.407 e. The molecule has 0 saturated carbocycles. The van der Waals surface area contributed by atoms with Crippen LogP contribution in [0.1, 0.15) is 134 Å². The van der Waals surface area contributed by atoms with Crippen LogP contribution in [0, 0.1) is 0 Å². The van der Waals surface area contributed by atoms with Crippen molar-refractivity contribution in [3.05, 3.63) is 60.2 Å². The average molecular weight is 1300 g/mol. The number of fused-ring (bicyclic) bond motifs is 2. The first-order valence-electron chi connectivity index (χ1n) is 29.2. The van der Waals surface area contributed by atoms with Crippen molar-refractivity contribution in [1.29, 1.82) is 0 Å². The molecule has 7 atom stereocenters. The van der Waals surface area contributed by atoms with Crippen LogP contribution >= 0.6 is 0 Å². The number of nitrogens with one attached hydrogen (secondary N) is 8. The summed E-state index contributed by atoms with van der Waals surface area (Å²) in [6, 6.07) is 4.54. The van der Waals surface area contributed by atoms with Gasteiger partial charge in [0.15, 0.2) is 0 Å². The maximum atomic E-state index is 14.3. The molecule has 3 rings (SSSR count). The fraction of sp³-hybridized carbons (Fsp3) is 0.492. The molecule has 0 radical (unpaired) electrons. The Bertz CT molecular complexity index is 3120. The van der Waals surface area contributed by atoms with Crippen LogP contribution in [0.4, 0.5) is 4.79 Å². The summed E-state index contributed by atoms with van der Waals surface area (Å²) < 4.78 is 5.58. The van der Waals surface area contributed by atoms with Gasteiger partial charge < -0.3 is 88.1 Å². The van der Waals surface area contributed by atoms with Gasteiger partial charge in [-0.2, -0.15) is 0 Å². The van der Waals surface area contributed by atoms with E-state index < -0.39 is 227 Å². The lowest BCUT2D eigenvalue weighted by Crippen LogP contribution is -2.56. The first-order valence-corrected chi connectivity index (χ1v) is 29.2. The molecule has 8 amide bonds. The van der Waals surface area contributed by atoms with E-state index in [1.807, 2.05) is 59.2 Å². The molecule has 0 aromatic heterocycles. The number of ether oxygens (including phenoxy) is 1. The van der Waals surface area contributed by atoms with Gasteiger partial charge in [-0.15, -0.1) is 0 Å². The van der Waals surface area contributed by atoms with Crippen LogP contribution in [0.5, 0.6) is 0 Å². The molecular weight excluding hydrogens is 1220 g/mol. The van der Waals surface area contributed by atoms with Crippen molar-refractivity contribution < 1.29 is 122 Å². The van der Waals surface area contributed by atoms with Gasteiger partial charge in [-0.1, -0.05) is 67.8 Å². The Morgan fingerprint density at radius 2 is 0.630 bits per heavy atom.